The highest BCUT2D eigenvalue weighted by Gasteiger charge is 2.50. The molecule has 0 radical (unpaired) electrons. The summed E-state index contributed by atoms with van der Waals surface area (Å²) < 4.78 is 44.3. The molecule has 4 aromatic rings. The molecule has 4 saturated heterocycles. The standard InChI is InChI=1S/C34H36F2N6O3/c1-2-18-5-3-6-19-11-22(43)12-23(26(18)19)29-28(36)30-27-31(42-15-21-7-8-24(37-21)25(42)16-44-32(27)38-29)40-33(39-30)45-17-34-9-4-10-41(34)14-20(35)13-34/h3,5-6,11-12,20-21,24-25,37,43H,2,4,7-10,13-17H2,1H3/t20-,21+,24-,25+,34+/m1/s1. The van der Waals surface area contributed by atoms with Crippen molar-refractivity contribution >= 4 is 27.5 Å². The van der Waals surface area contributed by atoms with E-state index in [4.69, 9.17) is 19.4 Å². The van der Waals surface area contributed by atoms with Crippen molar-refractivity contribution in [3.8, 4) is 28.9 Å². The Morgan fingerprint density at radius 1 is 1.16 bits per heavy atom. The van der Waals surface area contributed by atoms with E-state index in [0.29, 0.717) is 48.9 Å². The Morgan fingerprint density at radius 2 is 2.07 bits per heavy atom. The number of nitrogens with one attached hydrogen (secondary N) is 1. The molecule has 9 nitrogen and oxygen atoms in total. The van der Waals surface area contributed by atoms with E-state index < -0.39 is 17.5 Å². The van der Waals surface area contributed by atoms with Crippen molar-refractivity contribution in [3.05, 3.63) is 41.7 Å². The summed E-state index contributed by atoms with van der Waals surface area (Å²) in [6, 6.07) is 9.68. The Bertz CT molecular complexity index is 1860. The lowest BCUT2D eigenvalue weighted by Crippen LogP contribution is -2.60. The molecular formula is C34H36F2N6O3. The number of phenolic OH excluding ortho intramolecular Hbond substituents is 1. The van der Waals surface area contributed by atoms with Crippen LogP contribution in [0.3, 0.4) is 0 Å². The van der Waals surface area contributed by atoms with Gasteiger partial charge in [-0.25, -0.2) is 13.8 Å². The number of rotatable bonds is 5. The molecule has 0 unspecified atom stereocenters. The summed E-state index contributed by atoms with van der Waals surface area (Å²) in [6.45, 7) is 4.63. The number of hydrogen-bond donors (Lipinski definition) is 2. The number of aryl methyl sites for hydroxylation is 1. The SMILES string of the molecule is CCc1cccc2cc(O)cc(-c3nc4c5c(nc(OC[C@@]67CCCN6C[C@H](F)C7)nc5c3F)N3C[C@@H]5CC[C@@H](N5)[C@@H]3CO4)c12. The molecule has 0 saturated carbocycles. The molecule has 0 aliphatic carbocycles. The highest BCUT2D eigenvalue weighted by Crippen LogP contribution is 2.45. The average molecular weight is 615 g/mol. The fraction of sp³-hybridized carbons (Fsp3) is 0.500. The molecule has 2 aromatic carbocycles. The van der Waals surface area contributed by atoms with E-state index in [0.717, 1.165) is 55.0 Å². The number of aromatic hydroxyl groups is 1. The highest BCUT2D eigenvalue weighted by atomic mass is 19.1. The van der Waals surface area contributed by atoms with Gasteiger partial charge in [0, 0.05) is 37.2 Å². The maximum absolute atomic E-state index is 17.0. The normalized spacial score (nSPS) is 28.7. The van der Waals surface area contributed by atoms with Gasteiger partial charge in [-0.3, -0.25) is 4.90 Å². The Kier molecular flexibility index (Phi) is 6.16. The third-order valence-corrected chi connectivity index (χ3v) is 10.8. The lowest BCUT2D eigenvalue weighted by atomic mass is 9.95. The van der Waals surface area contributed by atoms with Gasteiger partial charge in [0.2, 0.25) is 5.88 Å². The van der Waals surface area contributed by atoms with Crippen LogP contribution in [0.4, 0.5) is 14.6 Å². The Morgan fingerprint density at radius 3 is 2.96 bits per heavy atom. The average Bonchev–Trinajstić information content (AvgIpc) is 3.67. The van der Waals surface area contributed by atoms with Gasteiger partial charge >= 0.3 is 6.01 Å². The smallest absolute Gasteiger partial charge is 0.319 e. The number of phenols is 1. The van der Waals surface area contributed by atoms with Crippen molar-refractivity contribution in [1.82, 2.24) is 25.2 Å². The molecule has 5 aliphatic rings. The molecule has 2 bridgehead atoms. The van der Waals surface area contributed by atoms with Crippen LogP contribution < -0.4 is 19.7 Å². The number of nitrogens with zero attached hydrogens (tertiary/aromatic N) is 5. The van der Waals surface area contributed by atoms with Crippen LogP contribution in [0.5, 0.6) is 17.6 Å². The van der Waals surface area contributed by atoms with E-state index in [1.54, 1.807) is 12.1 Å². The number of ether oxygens (including phenoxy) is 2. The van der Waals surface area contributed by atoms with Gasteiger partial charge in [-0.15, -0.1) is 0 Å². The summed E-state index contributed by atoms with van der Waals surface area (Å²) in [5.41, 5.74) is 1.24. The summed E-state index contributed by atoms with van der Waals surface area (Å²) in [5.74, 6) is 0.240. The van der Waals surface area contributed by atoms with E-state index in [-0.39, 0.29) is 47.5 Å². The molecule has 2 N–H and O–H groups in total. The van der Waals surface area contributed by atoms with Crippen LogP contribution in [0.1, 0.15) is 44.6 Å². The number of aromatic nitrogens is 3. The molecule has 0 amide bonds. The zero-order chi connectivity index (χ0) is 30.4. The van der Waals surface area contributed by atoms with Gasteiger partial charge in [-0.1, -0.05) is 25.1 Å². The number of anilines is 1. The molecule has 0 spiro atoms. The van der Waals surface area contributed by atoms with Gasteiger partial charge in [-0.2, -0.15) is 9.97 Å². The van der Waals surface area contributed by atoms with E-state index in [9.17, 15) is 9.50 Å². The number of halogens is 2. The van der Waals surface area contributed by atoms with Crippen molar-refractivity contribution in [3.63, 3.8) is 0 Å². The van der Waals surface area contributed by atoms with E-state index in [1.807, 2.05) is 25.1 Å². The maximum Gasteiger partial charge on any atom is 0.319 e. The first-order chi connectivity index (χ1) is 21.9. The van der Waals surface area contributed by atoms with Crippen molar-refractivity contribution in [1.29, 1.82) is 0 Å². The van der Waals surface area contributed by atoms with Crippen molar-refractivity contribution in [2.24, 2.45) is 0 Å². The van der Waals surface area contributed by atoms with Crippen LogP contribution >= 0.6 is 0 Å². The third-order valence-electron chi connectivity index (χ3n) is 10.8. The number of alkyl halides is 1. The second-order valence-electron chi connectivity index (χ2n) is 13.4. The maximum atomic E-state index is 17.0. The molecule has 5 aliphatic heterocycles. The lowest BCUT2D eigenvalue weighted by molar-refractivity contribution is 0.107. The largest absolute Gasteiger partial charge is 0.508 e. The monoisotopic (exact) mass is 614 g/mol. The van der Waals surface area contributed by atoms with Gasteiger partial charge in [0.05, 0.1) is 11.6 Å². The number of pyridine rings is 1. The van der Waals surface area contributed by atoms with Gasteiger partial charge in [0.1, 0.15) is 47.5 Å². The summed E-state index contributed by atoms with van der Waals surface area (Å²) in [4.78, 5) is 18.8. The minimum absolute atomic E-state index is 0.0187. The molecule has 45 heavy (non-hydrogen) atoms. The number of benzene rings is 2. The molecule has 4 fully saturated rings. The fourth-order valence-electron chi connectivity index (χ4n) is 8.78. The first-order valence-electron chi connectivity index (χ1n) is 16.2. The topological polar surface area (TPSA) is 95.9 Å². The Balaban J connectivity index is 1.24. The van der Waals surface area contributed by atoms with Gasteiger partial charge in [0.25, 0.3) is 0 Å². The van der Waals surface area contributed by atoms with Crippen LogP contribution in [-0.4, -0.2) is 87.6 Å². The number of hydrogen-bond acceptors (Lipinski definition) is 9. The third kappa shape index (κ3) is 4.19. The predicted octanol–water partition coefficient (Wildman–Crippen LogP) is 4.91. The summed E-state index contributed by atoms with van der Waals surface area (Å²) in [6.07, 6.45) is 4.18. The van der Waals surface area contributed by atoms with E-state index in [2.05, 4.69) is 20.1 Å². The van der Waals surface area contributed by atoms with E-state index in [1.165, 1.54) is 0 Å². The molecular weight excluding hydrogens is 578 g/mol. The van der Waals surface area contributed by atoms with Crippen molar-refractivity contribution < 1.29 is 23.4 Å². The van der Waals surface area contributed by atoms with Crippen molar-refractivity contribution in [2.45, 2.75) is 75.3 Å². The first kappa shape index (κ1) is 27.5. The lowest BCUT2D eigenvalue weighted by Gasteiger charge is -2.40. The molecule has 234 valence electrons. The Labute approximate surface area is 259 Å². The minimum atomic E-state index is -0.885. The molecule has 11 heteroatoms. The molecule has 2 aromatic heterocycles. The summed E-state index contributed by atoms with van der Waals surface area (Å²) in [5, 5.41) is 16.5. The second kappa shape index (κ2) is 10.1. The van der Waals surface area contributed by atoms with Crippen molar-refractivity contribution in [2.75, 3.05) is 37.7 Å². The van der Waals surface area contributed by atoms with Gasteiger partial charge in [0.15, 0.2) is 5.82 Å². The van der Waals surface area contributed by atoms with Crippen LogP contribution in [-0.2, 0) is 6.42 Å². The summed E-state index contributed by atoms with van der Waals surface area (Å²) >= 11 is 0. The summed E-state index contributed by atoms with van der Waals surface area (Å²) in [7, 11) is 0. The van der Waals surface area contributed by atoms with E-state index >= 15 is 4.39 Å². The van der Waals surface area contributed by atoms with Gasteiger partial charge < -0.3 is 24.8 Å². The Hall–Kier alpha value is -3.83. The first-order valence-corrected chi connectivity index (χ1v) is 16.2. The highest BCUT2D eigenvalue weighted by molar-refractivity contribution is 6.03. The van der Waals surface area contributed by atoms with Crippen LogP contribution in [0, 0.1) is 5.82 Å². The molecule has 7 heterocycles. The predicted molar refractivity (Wildman–Crippen MR) is 166 cm³/mol. The van der Waals surface area contributed by atoms with Gasteiger partial charge in [-0.05, 0) is 67.1 Å². The fourth-order valence-corrected chi connectivity index (χ4v) is 8.78. The quantitative estimate of drug-likeness (QED) is 0.325. The van der Waals surface area contributed by atoms with Crippen LogP contribution in [0.15, 0.2) is 30.3 Å². The molecule has 5 atom stereocenters. The minimum Gasteiger partial charge on any atom is -0.508 e. The zero-order valence-electron chi connectivity index (χ0n) is 25.2. The number of fused-ring (bicyclic) bond motifs is 7. The van der Waals surface area contributed by atoms with Crippen LogP contribution in [0.2, 0.25) is 0 Å². The second-order valence-corrected chi connectivity index (χ2v) is 13.4. The number of piperazine rings is 1. The zero-order valence-corrected chi connectivity index (χ0v) is 25.2. The molecule has 9 rings (SSSR count). The van der Waals surface area contributed by atoms with Crippen LogP contribution in [0.25, 0.3) is 32.9 Å².